The van der Waals surface area contributed by atoms with Gasteiger partial charge in [0.05, 0.1) is 6.61 Å². The molecule has 2 aromatic carbocycles. The Morgan fingerprint density at radius 3 is 2.50 bits per heavy atom. The number of aliphatic hydroxyl groups is 2. The van der Waals surface area contributed by atoms with E-state index in [2.05, 4.69) is 0 Å². The van der Waals surface area contributed by atoms with Gasteiger partial charge in [0, 0.05) is 5.56 Å². The van der Waals surface area contributed by atoms with Crippen molar-refractivity contribution >= 4 is 5.97 Å². The van der Waals surface area contributed by atoms with Crippen LogP contribution in [0.25, 0.3) is 11.1 Å². The third kappa shape index (κ3) is 1.66. The fourth-order valence-corrected chi connectivity index (χ4v) is 2.81. The number of carboxylic acid groups (broad SMARTS) is 1. The van der Waals surface area contributed by atoms with E-state index in [0.29, 0.717) is 6.42 Å². The van der Waals surface area contributed by atoms with Gasteiger partial charge in [0.15, 0.2) is 0 Å². The Balaban J connectivity index is 2.22. The van der Waals surface area contributed by atoms with E-state index in [4.69, 9.17) is 0 Å². The van der Waals surface area contributed by atoms with E-state index < -0.39 is 18.2 Å². The van der Waals surface area contributed by atoms with Gasteiger partial charge in [-0.1, -0.05) is 42.5 Å². The Hall–Kier alpha value is -2.17. The quantitative estimate of drug-likeness (QED) is 0.674. The summed E-state index contributed by atoms with van der Waals surface area (Å²) in [7, 11) is 0. The van der Waals surface area contributed by atoms with Crippen LogP contribution in [0.3, 0.4) is 0 Å². The number of carboxylic acids is 1. The topological polar surface area (TPSA) is 77.8 Å². The first-order valence-corrected chi connectivity index (χ1v) is 6.35. The lowest BCUT2D eigenvalue weighted by molar-refractivity contribution is -0.164. The third-order valence-corrected chi connectivity index (χ3v) is 3.88. The molecule has 3 rings (SSSR count). The Morgan fingerprint density at radius 1 is 1.10 bits per heavy atom. The van der Waals surface area contributed by atoms with Crippen molar-refractivity contribution in [1.82, 2.24) is 0 Å². The van der Waals surface area contributed by atoms with Crippen LogP contribution in [0.15, 0.2) is 42.5 Å². The smallest absolute Gasteiger partial charge is 0.342 e. The predicted molar refractivity (Wildman–Crippen MR) is 73.3 cm³/mol. The Morgan fingerprint density at radius 2 is 1.80 bits per heavy atom. The molecule has 0 fully saturated rings. The minimum Gasteiger partial charge on any atom is -0.479 e. The van der Waals surface area contributed by atoms with Gasteiger partial charge in [0.1, 0.15) is 0 Å². The molecule has 102 valence electrons. The van der Waals surface area contributed by atoms with Gasteiger partial charge in [-0.2, -0.15) is 0 Å². The molecule has 0 heterocycles. The zero-order valence-corrected chi connectivity index (χ0v) is 10.7. The molecule has 0 saturated heterocycles. The van der Waals surface area contributed by atoms with Crippen LogP contribution >= 0.6 is 0 Å². The lowest BCUT2D eigenvalue weighted by Gasteiger charge is -2.24. The molecule has 1 unspecified atom stereocenters. The van der Waals surface area contributed by atoms with Crippen molar-refractivity contribution in [2.45, 2.75) is 12.0 Å². The first-order chi connectivity index (χ1) is 9.58. The second kappa shape index (κ2) is 4.44. The Kier molecular flexibility index (Phi) is 2.85. The van der Waals surface area contributed by atoms with Gasteiger partial charge in [-0.25, -0.2) is 4.79 Å². The third-order valence-electron chi connectivity index (χ3n) is 3.88. The summed E-state index contributed by atoms with van der Waals surface area (Å²) in [5, 5.41) is 28.8. The number of aliphatic carboxylic acids is 1. The molecule has 0 bridgehead atoms. The minimum atomic E-state index is -2.26. The SMILES string of the molecule is O=C(O)C(O)(CO)c1cccc2c1Cc1ccccc1-2. The first kappa shape index (κ1) is 12.8. The number of aliphatic hydroxyl groups excluding tert-OH is 1. The van der Waals surface area contributed by atoms with Crippen LogP contribution in [0.1, 0.15) is 16.7 Å². The minimum absolute atomic E-state index is 0.265. The van der Waals surface area contributed by atoms with Crippen LogP contribution < -0.4 is 0 Å². The molecule has 20 heavy (non-hydrogen) atoms. The lowest BCUT2D eigenvalue weighted by Crippen LogP contribution is -2.40. The Bertz CT molecular complexity index is 693. The lowest BCUT2D eigenvalue weighted by atomic mass is 9.88. The van der Waals surface area contributed by atoms with Gasteiger partial charge in [-0.3, -0.25) is 0 Å². The van der Waals surface area contributed by atoms with Crippen molar-refractivity contribution in [3.8, 4) is 11.1 Å². The summed E-state index contributed by atoms with van der Waals surface area (Å²) in [6.45, 7) is -0.852. The molecular formula is C16H14O4. The van der Waals surface area contributed by atoms with Crippen LogP contribution in [0.2, 0.25) is 0 Å². The predicted octanol–water partition coefficient (Wildman–Crippen LogP) is 1.52. The fraction of sp³-hybridized carbons (Fsp3) is 0.188. The van der Waals surface area contributed by atoms with Gasteiger partial charge < -0.3 is 15.3 Å². The number of fused-ring (bicyclic) bond motifs is 3. The van der Waals surface area contributed by atoms with Gasteiger partial charge in [-0.05, 0) is 28.7 Å². The number of rotatable bonds is 3. The van der Waals surface area contributed by atoms with Gasteiger partial charge >= 0.3 is 5.97 Å². The molecule has 2 aromatic rings. The highest BCUT2D eigenvalue weighted by Gasteiger charge is 2.40. The summed E-state index contributed by atoms with van der Waals surface area (Å²) in [6.07, 6.45) is 0.567. The first-order valence-electron chi connectivity index (χ1n) is 6.35. The van der Waals surface area contributed by atoms with E-state index in [-0.39, 0.29) is 5.56 Å². The number of benzene rings is 2. The maximum Gasteiger partial charge on any atom is 0.342 e. The van der Waals surface area contributed by atoms with Gasteiger partial charge in [0.25, 0.3) is 0 Å². The molecule has 0 amide bonds. The molecule has 0 spiro atoms. The molecular weight excluding hydrogens is 256 g/mol. The Labute approximate surface area is 115 Å². The summed E-state index contributed by atoms with van der Waals surface area (Å²) < 4.78 is 0. The molecule has 0 radical (unpaired) electrons. The van der Waals surface area contributed by atoms with Crippen molar-refractivity contribution in [2.75, 3.05) is 6.61 Å². The second-order valence-corrected chi connectivity index (χ2v) is 4.99. The summed E-state index contributed by atoms with van der Waals surface area (Å²) in [5.41, 5.74) is 1.85. The maximum atomic E-state index is 11.3. The summed E-state index contributed by atoms with van der Waals surface area (Å²) in [5.74, 6) is -1.44. The average Bonchev–Trinajstić information content (AvgIpc) is 2.84. The fourth-order valence-electron chi connectivity index (χ4n) is 2.81. The molecule has 1 atom stereocenters. The molecule has 4 heteroatoms. The molecule has 0 aliphatic heterocycles. The molecule has 3 N–H and O–H groups in total. The van der Waals surface area contributed by atoms with Crippen LogP contribution in [-0.4, -0.2) is 27.9 Å². The van der Waals surface area contributed by atoms with E-state index in [0.717, 1.165) is 22.3 Å². The highest BCUT2D eigenvalue weighted by atomic mass is 16.4. The zero-order chi connectivity index (χ0) is 14.3. The van der Waals surface area contributed by atoms with E-state index in [9.17, 15) is 20.1 Å². The number of carbonyl (C=O) groups is 1. The average molecular weight is 270 g/mol. The van der Waals surface area contributed by atoms with E-state index in [1.165, 1.54) is 0 Å². The highest BCUT2D eigenvalue weighted by molar-refractivity contribution is 5.84. The van der Waals surface area contributed by atoms with Crippen LogP contribution in [0.4, 0.5) is 0 Å². The monoisotopic (exact) mass is 270 g/mol. The van der Waals surface area contributed by atoms with Crippen LogP contribution in [-0.2, 0) is 16.8 Å². The summed E-state index contributed by atoms with van der Waals surface area (Å²) >= 11 is 0. The largest absolute Gasteiger partial charge is 0.479 e. The molecule has 0 saturated carbocycles. The van der Waals surface area contributed by atoms with Crippen molar-refractivity contribution < 1.29 is 20.1 Å². The maximum absolute atomic E-state index is 11.3. The molecule has 0 aromatic heterocycles. The van der Waals surface area contributed by atoms with E-state index in [1.54, 1.807) is 12.1 Å². The van der Waals surface area contributed by atoms with Crippen LogP contribution in [0.5, 0.6) is 0 Å². The summed E-state index contributed by atoms with van der Waals surface area (Å²) in [6, 6.07) is 13.0. The van der Waals surface area contributed by atoms with Gasteiger partial charge in [0.2, 0.25) is 5.60 Å². The molecule has 4 nitrogen and oxygen atoms in total. The number of hydrogen-bond donors (Lipinski definition) is 3. The van der Waals surface area contributed by atoms with Crippen molar-refractivity contribution in [2.24, 2.45) is 0 Å². The zero-order valence-electron chi connectivity index (χ0n) is 10.7. The summed E-state index contributed by atoms with van der Waals surface area (Å²) in [4.78, 5) is 11.3. The highest BCUT2D eigenvalue weighted by Crippen LogP contribution is 2.41. The second-order valence-electron chi connectivity index (χ2n) is 4.99. The van der Waals surface area contributed by atoms with Crippen molar-refractivity contribution in [3.05, 3.63) is 59.2 Å². The van der Waals surface area contributed by atoms with Gasteiger partial charge in [-0.15, -0.1) is 0 Å². The van der Waals surface area contributed by atoms with Crippen molar-refractivity contribution in [1.29, 1.82) is 0 Å². The molecule has 1 aliphatic rings. The standard InChI is InChI=1S/C16H14O4/c17-9-16(20,15(18)19)14-7-3-6-12-11-5-2-1-4-10(11)8-13(12)14/h1-7,17,20H,8-9H2,(H,18,19). The van der Waals surface area contributed by atoms with E-state index >= 15 is 0 Å². The number of hydrogen-bond acceptors (Lipinski definition) is 3. The van der Waals surface area contributed by atoms with Crippen LogP contribution in [0, 0.1) is 0 Å². The van der Waals surface area contributed by atoms with E-state index in [1.807, 2.05) is 30.3 Å². The van der Waals surface area contributed by atoms with Crippen molar-refractivity contribution in [3.63, 3.8) is 0 Å². The normalized spacial score (nSPS) is 15.3. The molecule has 1 aliphatic carbocycles.